The van der Waals surface area contributed by atoms with E-state index in [9.17, 15) is 19.8 Å². The van der Waals surface area contributed by atoms with Gasteiger partial charge in [0.05, 0.1) is 35.3 Å². The maximum atomic E-state index is 14.4. The molecule has 2 unspecified atom stereocenters. The minimum atomic E-state index is -1.50. The Morgan fingerprint density at radius 1 is 1.08 bits per heavy atom. The minimum absolute atomic E-state index is 0.0713. The van der Waals surface area contributed by atoms with Gasteiger partial charge >= 0.3 is 5.97 Å². The van der Waals surface area contributed by atoms with Crippen molar-refractivity contribution in [1.29, 1.82) is 0 Å². The van der Waals surface area contributed by atoms with E-state index in [0.29, 0.717) is 56.6 Å². The van der Waals surface area contributed by atoms with Crippen molar-refractivity contribution in [2.75, 3.05) is 39.7 Å². The van der Waals surface area contributed by atoms with Gasteiger partial charge in [-0.05, 0) is 75.1 Å². The number of carbonyl (C=O) groups is 2. The molecule has 1 saturated heterocycles. The van der Waals surface area contributed by atoms with E-state index in [1.165, 1.54) is 6.08 Å². The maximum absolute atomic E-state index is 14.4. The molecule has 7 bridgehead atoms. The number of piperidine rings is 1. The summed E-state index contributed by atoms with van der Waals surface area (Å²) in [7, 11) is 5.05. The summed E-state index contributed by atoms with van der Waals surface area (Å²) in [6.45, 7) is 5.28. The normalized spacial score (nSPS) is 42.5. The molecule has 6 aliphatic rings. The lowest BCUT2D eigenvalue weighted by atomic mass is 9.44. The number of hydrogen-bond donors (Lipinski definition) is 3. The molecular formula is C39H49N3O8. The third-order valence-corrected chi connectivity index (χ3v) is 13.9. The summed E-state index contributed by atoms with van der Waals surface area (Å²) >= 11 is 0. The molecule has 5 aliphatic carbocycles. The van der Waals surface area contributed by atoms with E-state index in [1.807, 2.05) is 19.1 Å². The average Bonchev–Trinajstić information content (AvgIpc) is 3.53. The lowest BCUT2D eigenvalue weighted by Gasteiger charge is -2.70. The van der Waals surface area contributed by atoms with Crippen LogP contribution in [0.15, 0.2) is 48.7 Å². The third kappa shape index (κ3) is 4.34. The lowest BCUT2D eigenvalue weighted by Crippen LogP contribution is -2.83. The summed E-state index contributed by atoms with van der Waals surface area (Å²) < 4.78 is 25.3. The van der Waals surface area contributed by atoms with Crippen LogP contribution in [0.3, 0.4) is 0 Å². The molecular weight excluding hydrogens is 638 g/mol. The van der Waals surface area contributed by atoms with Gasteiger partial charge in [-0.1, -0.05) is 19.1 Å². The molecule has 1 amide bonds. The second kappa shape index (κ2) is 11.9. The van der Waals surface area contributed by atoms with Crippen molar-refractivity contribution in [1.82, 2.24) is 9.88 Å². The highest BCUT2D eigenvalue weighted by molar-refractivity contribution is 6.06. The first-order valence-corrected chi connectivity index (χ1v) is 18.0. The fraction of sp³-hybridized carbons (Fsp3) is 0.615. The number of esters is 1. The molecule has 6 fully saturated rings. The number of hydrogen-bond acceptors (Lipinski definition) is 10. The van der Waals surface area contributed by atoms with Crippen LogP contribution in [-0.4, -0.2) is 108 Å². The fourth-order valence-electron chi connectivity index (χ4n) is 12.4. The summed E-state index contributed by atoms with van der Waals surface area (Å²) in [6.07, 6.45) is 6.46. The van der Waals surface area contributed by atoms with Gasteiger partial charge in [0.25, 0.3) is 0 Å². The highest BCUT2D eigenvalue weighted by atomic mass is 16.6. The number of rotatable bonds is 9. The van der Waals surface area contributed by atoms with Crippen LogP contribution < -0.4 is 5.32 Å². The van der Waals surface area contributed by atoms with Gasteiger partial charge in [0, 0.05) is 81.7 Å². The first kappa shape index (κ1) is 33.9. The number of methoxy groups -OCH3 is 3. The number of pyridine rings is 1. The van der Waals surface area contributed by atoms with E-state index in [1.54, 1.807) is 57.9 Å². The molecule has 11 nitrogen and oxygen atoms in total. The van der Waals surface area contributed by atoms with E-state index in [4.69, 9.17) is 18.9 Å². The van der Waals surface area contributed by atoms with Gasteiger partial charge in [-0.2, -0.15) is 0 Å². The zero-order valence-corrected chi connectivity index (χ0v) is 29.5. The number of para-hydroxylation sites is 1. The maximum Gasteiger partial charge on any atom is 0.340 e. The van der Waals surface area contributed by atoms with E-state index in [2.05, 4.69) is 22.1 Å². The van der Waals surface area contributed by atoms with Gasteiger partial charge in [0.2, 0.25) is 5.91 Å². The number of nitrogens with one attached hydrogen (secondary N) is 1. The fourth-order valence-corrected chi connectivity index (χ4v) is 12.4. The monoisotopic (exact) mass is 687 g/mol. The number of amides is 1. The van der Waals surface area contributed by atoms with Crippen LogP contribution in [0.25, 0.3) is 6.08 Å². The second-order valence-electron chi connectivity index (χ2n) is 15.6. The van der Waals surface area contributed by atoms with Crippen molar-refractivity contribution in [3.05, 3.63) is 65.5 Å². The highest BCUT2D eigenvalue weighted by Gasteiger charge is 2.89. The predicted octanol–water partition coefficient (Wildman–Crippen LogP) is 3.62. The molecule has 1 aromatic heterocycles. The second-order valence-corrected chi connectivity index (χ2v) is 15.6. The van der Waals surface area contributed by atoms with Crippen LogP contribution in [0.1, 0.15) is 60.6 Å². The molecule has 5 saturated carbocycles. The molecule has 3 N–H and O–H groups in total. The number of aryl methyl sites for hydroxylation is 1. The molecule has 11 heteroatoms. The van der Waals surface area contributed by atoms with E-state index < -0.39 is 34.3 Å². The van der Waals surface area contributed by atoms with Gasteiger partial charge in [-0.25, -0.2) is 4.79 Å². The van der Waals surface area contributed by atoms with Crippen LogP contribution in [0.4, 0.5) is 5.69 Å². The number of aromatic nitrogens is 1. The number of fused-ring (bicyclic) bond motifs is 2. The zero-order chi connectivity index (χ0) is 35.2. The Hall–Kier alpha value is -3.19. The Kier molecular flexibility index (Phi) is 8.09. The van der Waals surface area contributed by atoms with E-state index in [0.717, 1.165) is 5.56 Å². The van der Waals surface area contributed by atoms with Crippen LogP contribution in [0.5, 0.6) is 0 Å². The van der Waals surface area contributed by atoms with Crippen molar-refractivity contribution >= 4 is 23.6 Å². The summed E-state index contributed by atoms with van der Waals surface area (Å²) in [4.78, 5) is 34.1. The minimum Gasteiger partial charge on any atom is -0.454 e. The number of ether oxygens (including phenoxy) is 4. The smallest absolute Gasteiger partial charge is 0.340 e. The van der Waals surface area contributed by atoms with Gasteiger partial charge in [0.15, 0.2) is 0 Å². The lowest BCUT2D eigenvalue weighted by molar-refractivity contribution is -0.337. The molecule has 50 heavy (non-hydrogen) atoms. The Labute approximate surface area is 293 Å². The van der Waals surface area contributed by atoms with Crippen molar-refractivity contribution in [3.63, 3.8) is 0 Å². The quantitative estimate of drug-likeness (QED) is 0.265. The Bertz CT molecular complexity index is 1720. The largest absolute Gasteiger partial charge is 0.454 e. The molecule has 8 rings (SSSR count). The molecule has 1 aliphatic heterocycles. The number of benzene rings is 1. The molecule has 0 radical (unpaired) electrons. The van der Waals surface area contributed by atoms with E-state index in [-0.39, 0.29) is 53.4 Å². The number of carbonyl (C=O) groups excluding carboxylic acids is 2. The van der Waals surface area contributed by atoms with Crippen molar-refractivity contribution in [2.45, 2.75) is 87.1 Å². The molecule has 12 atom stereocenters. The Morgan fingerprint density at radius 3 is 2.60 bits per heavy atom. The number of aliphatic hydroxyl groups is 2. The van der Waals surface area contributed by atoms with Crippen LogP contribution in [0.2, 0.25) is 0 Å². The third-order valence-electron chi connectivity index (χ3n) is 13.9. The van der Waals surface area contributed by atoms with Gasteiger partial charge in [0.1, 0.15) is 16.8 Å². The van der Waals surface area contributed by atoms with Crippen molar-refractivity contribution < 1.29 is 38.7 Å². The molecule has 268 valence electrons. The van der Waals surface area contributed by atoms with Crippen LogP contribution in [-0.2, 0) is 23.7 Å². The molecule has 2 aromatic rings. The SMILES string of the molecule is CCN1C[C@]2(OC(=O)c3ccccc3NC(=O)/C=C/c3cc(C)ccn3)CC[C@H](OC)[C@]34C1[C@@H](C[C@H]23)[C@@]1(O)C[C@H](OC)[C@H]2C[C@@H]4[C@]1(O)C2OC. The number of anilines is 1. The number of likely N-dealkylation sites (tertiary alicyclic amines) is 1. The van der Waals surface area contributed by atoms with Gasteiger partial charge < -0.3 is 34.5 Å². The van der Waals surface area contributed by atoms with Crippen LogP contribution in [0, 0.1) is 36.0 Å². The molecule has 1 aromatic carbocycles. The summed E-state index contributed by atoms with van der Waals surface area (Å²) in [6, 6.07) is 10.6. The van der Waals surface area contributed by atoms with Gasteiger partial charge in [-0.3, -0.25) is 14.7 Å². The predicted molar refractivity (Wildman–Crippen MR) is 184 cm³/mol. The standard InChI is InChI=1S/C39H49N3O8/c1-6-42-21-36(50-35(44)24-9-7-8-10-27(24)41-32(43)12-11-23-17-22(2)14-16-40-23)15-13-31(48-4)38-29(36)19-26(33(38)42)37(45)20-28(47-3)25-18-30(38)39(37,46)34(25)49-5/h7-12,14,16-17,25-26,28-31,33-34,45-46H,6,13,15,18-21H2,1-5H3,(H,41,43)/b12-11+/t25-,26-,28+,29-,30+,31+,33?,34?,36-,37+,38+,39+/m1/s1. The topological polar surface area (TPSA) is 140 Å². The number of nitrogens with zero attached hydrogens (tertiary/aromatic N) is 2. The molecule has 1 spiro atoms. The zero-order valence-electron chi connectivity index (χ0n) is 29.5. The van der Waals surface area contributed by atoms with Crippen molar-refractivity contribution in [2.24, 2.45) is 29.1 Å². The van der Waals surface area contributed by atoms with Gasteiger partial charge in [-0.15, -0.1) is 0 Å². The number of likely N-dealkylation sites (N-methyl/N-ethyl adjacent to an activating group) is 1. The van der Waals surface area contributed by atoms with Crippen molar-refractivity contribution in [3.8, 4) is 0 Å². The highest BCUT2D eigenvalue weighted by Crippen LogP contribution is 2.79. The first-order valence-electron chi connectivity index (χ1n) is 18.0. The van der Waals surface area contributed by atoms with E-state index >= 15 is 0 Å². The summed E-state index contributed by atoms with van der Waals surface area (Å²) in [5.74, 6) is -1.82. The van der Waals surface area contributed by atoms with Crippen LogP contribution >= 0.6 is 0 Å². The molecule has 2 heterocycles. The Balaban J connectivity index is 1.16. The first-order chi connectivity index (χ1) is 24.0. The summed E-state index contributed by atoms with van der Waals surface area (Å²) in [5.41, 5.74) is -2.13. The summed E-state index contributed by atoms with van der Waals surface area (Å²) in [5, 5.41) is 28.8. The average molecular weight is 688 g/mol. The Morgan fingerprint density at radius 2 is 1.88 bits per heavy atom.